The molecule has 0 radical (unpaired) electrons. The first kappa shape index (κ1) is 20.2. The molecule has 1 fully saturated rings. The molecule has 0 aromatic heterocycles. The van der Waals surface area contributed by atoms with Gasteiger partial charge in [0, 0.05) is 32.2 Å². The summed E-state index contributed by atoms with van der Waals surface area (Å²) in [7, 11) is 3.93. The standard InChI is InChI=1S/C17H27FN4.HI/c1-12-5-6-14(9-16(12)18)11-21-17(19-3)20-10-13(2)22(4)15-7-8-15;/h5-6,9,13,15H,7-8,10-11H2,1-4H3,(H2,19,20,21);1H. The third-order valence-corrected chi connectivity index (χ3v) is 4.30. The molecule has 1 aliphatic rings. The summed E-state index contributed by atoms with van der Waals surface area (Å²) in [6, 6.07) is 6.52. The van der Waals surface area contributed by atoms with Crippen LogP contribution in [0, 0.1) is 12.7 Å². The maximum Gasteiger partial charge on any atom is 0.191 e. The Morgan fingerprint density at radius 3 is 2.65 bits per heavy atom. The summed E-state index contributed by atoms with van der Waals surface area (Å²) in [5.41, 5.74) is 1.58. The zero-order chi connectivity index (χ0) is 16.1. The van der Waals surface area contributed by atoms with E-state index in [1.807, 2.05) is 6.07 Å². The molecule has 1 saturated carbocycles. The summed E-state index contributed by atoms with van der Waals surface area (Å²) in [4.78, 5) is 6.63. The SMILES string of the molecule is CN=C(NCc1ccc(C)c(F)c1)NCC(C)N(C)C1CC1.I. The Kier molecular flexibility index (Phi) is 8.25. The predicted octanol–water partition coefficient (Wildman–Crippen LogP) is 2.90. The van der Waals surface area contributed by atoms with Gasteiger partial charge in [-0.15, -0.1) is 24.0 Å². The lowest BCUT2D eigenvalue weighted by molar-refractivity contribution is 0.247. The molecule has 1 aromatic rings. The van der Waals surface area contributed by atoms with Crippen LogP contribution in [0.4, 0.5) is 4.39 Å². The van der Waals surface area contributed by atoms with Crippen molar-refractivity contribution in [3.05, 3.63) is 35.1 Å². The van der Waals surface area contributed by atoms with Crippen molar-refractivity contribution in [2.75, 3.05) is 20.6 Å². The number of nitrogens with one attached hydrogen (secondary N) is 2. The molecule has 0 spiro atoms. The highest BCUT2D eigenvalue weighted by Gasteiger charge is 2.28. The molecular weight excluding hydrogens is 406 g/mol. The third kappa shape index (κ3) is 6.25. The minimum Gasteiger partial charge on any atom is -0.355 e. The second kappa shape index (κ2) is 9.42. The summed E-state index contributed by atoms with van der Waals surface area (Å²) in [5.74, 6) is 0.582. The molecule has 130 valence electrons. The molecule has 4 nitrogen and oxygen atoms in total. The van der Waals surface area contributed by atoms with Crippen LogP contribution in [0.15, 0.2) is 23.2 Å². The Bertz CT molecular complexity index is 531. The number of guanidine groups is 1. The Morgan fingerprint density at radius 1 is 1.39 bits per heavy atom. The van der Waals surface area contributed by atoms with E-state index >= 15 is 0 Å². The van der Waals surface area contributed by atoms with Gasteiger partial charge in [-0.2, -0.15) is 0 Å². The van der Waals surface area contributed by atoms with Gasteiger partial charge in [-0.25, -0.2) is 4.39 Å². The van der Waals surface area contributed by atoms with Gasteiger partial charge >= 0.3 is 0 Å². The zero-order valence-electron chi connectivity index (χ0n) is 14.4. The van der Waals surface area contributed by atoms with Gasteiger partial charge < -0.3 is 10.6 Å². The van der Waals surface area contributed by atoms with E-state index in [1.165, 1.54) is 12.8 Å². The van der Waals surface area contributed by atoms with Crippen molar-refractivity contribution in [2.45, 2.75) is 45.3 Å². The van der Waals surface area contributed by atoms with Crippen molar-refractivity contribution in [2.24, 2.45) is 4.99 Å². The lowest BCUT2D eigenvalue weighted by Crippen LogP contribution is -2.45. The second-order valence-corrected chi connectivity index (χ2v) is 6.14. The summed E-state index contributed by atoms with van der Waals surface area (Å²) in [6.07, 6.45) is 2.62. The topological polar surface area (TPSA) is 39.7 Å². The fourth-order valence-corrected chi connectivity index (χ4v) is 2.38. The van der Waals surface area contributed by atoms with E-state index in [2.05, 4.69) is 34.5 Å². The molecule has 0 heterocycles. The highest BCUT2D eigenvalue weighted by atomic mass is 127. The molecule has 2 N–H and O–H groups in total. The molecular formula is C17H28FIN4. The fourth-order valence-electron chi connectivity index (χ4n) is 2.38. The van der Waals surface area contributed by atoms with Gasteiger partial charge in [0.25, 0.3) is 0 Å². The Morgan fingerprint density at radius 2 is 2.09 bits per heavy atom. The monoisotopic (exact) mass is 434 g/mol. The first-order valence-electron chi connectivity index (χ1n) is 7.92. The van der Waals surface area contributed by atoms with Crippen molar-refractivity contribution >= 4 is 29.9 Å². The van der Waals surface area contributed by atoms with Gasteiger partial charge in [-0.05, 0) is 50.9 Å². The van der Waals surface area contributed by atoms with E-state index in [9.17, 15) is 4.39 Å². The Hall–Kier alpha value is -0.890. The lowest BCUT2D eigenvalue weighted by Gasteiger charge is -2.25. The number of rotatable bonds is 6. The van der Waals surface area contributed by atoms with Crippen molar-refractivity contribution in [3.8, 4) is 0 Å². The fraction of sp³-hybridized carbons (Fsp3) is 0.588. The highest BCUT2D eigenvalue weighted by Crippen LogP contribution is 2.26. The van der Waals surface area contributed by atoms with Crippen LogP contribution in [0.2, 0.25) is 0 Å². The van der Waals surface area contributed by atoms with Gasteiger partial charge in [0.1, 0.15) is 5.82 Å². The van der Waals surface area contributed by atoms with E-state index < -0.39 is 0 Å². The van der Waals surface area contributed by atoms with E-state index in [0.29, 0.717) is 18.2 Å². The molecule has 0 amide bonds. The van der Waals surface area contributed by atoms with Crippen LogP contribution >= 0.6 is 24.0 Å². The van der Waals surface area contributed by atoms with Gasteiger partial charge in [0.15, 0.2) is 5.96 Å². The summed E-state index contributed by atoms with van der Waals surface area (Å²) < 4.78 is 13.5. The van der Waals surface area contributed by atoms with E-state index in [0.717, 1.165) is 24.1 Å². The van der Waals surface area contributed by atoms with Crippen LogP contribution in [-0.4, -0.2) is 43.6 Å². The highest BCUT2D eigenvalue weighted by molar-refractivity contribution is 14.0. The van der Waals surface area contributed by atoms with Gasteiger partial charge in [-0.1, -0.05) is 12.1 Å². The van der Waals surface area contributed by atoms with Gasteiger partial charge in [0.2, 0.25) is 0 Å². The number of hydrogen-bond donors (Lipinski definition) is 2. The number of nitrogens with zero attached hydrogens (tertiary/aromatic N) is 2. The molecule has 1 aliphatic carbocycles. The Labute approximate surface area is 156 Å². The van der Waals surface area contributed by atoms with Crippen LogP contribution in [-0.2, 0) is 6.54 Å². The van der Waals surface area contributed by atoms with E-state index in [4.69, 9.17) is 0 Å². The first-order chi connectivity index (χ1) is 10.5. The normalized spacial score (nSPS) is 16.0. The Balaban J connectivity index is 0.00000264. The van der Waals surface area contributed by atoms with Crippen molar-refractivity contribution < 1.29 is 4.39 Å². The third-order valence-electron chi connectivity index (χ3n) is 4.30. The molecule has 23 heavy (non-hydrogen) atoms. The number of likely N-dealkylation sites (N-methyl/N-ethyl adjacent to an activating group) is 1. The number of aryl methyl sites for hydroxylation is 1. The minimum absolute atomic E-state index is 0. The average molecular weight is 434 g/mol. The zero-order valence-corrected chi connectivity index (χ0v) is 16.7. The number of halogens is 2. The minimum atomic E-state index is -0.165. The van der Waals surface area contributed by atoms with Crippen LogP contribution in [0.5, 0.6) is 0 Å². The average Bonchev–Trinajstić information content (AvgIpc) is 3.34. The molecule has 6 heteroatoms. The molecule has 2 rings (SSSR count). The smallest absolute Gasteiger partial charge is 0.191 e. The second-order valence-electron chi connectivity index (χ2n) is 6.14. The predicted molar refractivity (Wildman–Crippen MR) is 105 cm³/mol. The molecule has 0 bridgehead atoms. The largest absolute Gasteiger partial charge is 0.355 e. The summed E-state index contributed by atoms with van der Waals surface area (Å²) >= 11 is 0. The van der Waals surface area contributed by atoms with E-state index in [-0.39, 0.29) is 29.8 Å². The molecule has 0 saturated heterocycles. The molecule has 1 aromatic carbocycles. The molecule has 1 atom stereocenters. The maximum absolute atomic E-state index is 13.5. The quantitative estimate of drug-likeness (QED) is 0.411. The summed E-state index contributed by atoms with van der Waals surface area (Å²) in [6.45, 7) is 5.39. The van der Waals surface area contributed by atoms with Crippen molar-refractivity contribution in [1.29, 1.82) is 0 Å². The van der Waals surface area contributed by atoms with Crippen LogP contribution in [0.25, 0.3) is 0 Å². The van der Waals surface area contributed by atoms with Gasteiger partial charge in [0.05, 0.1) is 0 Å². The number of benzene rings is 1. The van der Waals surface area contributed by atoms with E-state index in [1.54, 1.807) is 26.1 Å². The number of aliphatic imine (C=N–C) groups is 1. The van der Waals surface area contributed by atoms with Crippen molar-refractivity contribution in [3.63, 3.8) is 0 Å². The summed E-state index contributed by atoms with van der Waals surface area (Å²) in [5, 5.41) is 6.56. The molecule has 1 unspecified atom stereocenters. The maximum atomic E-state index is 13.5. The number of hydrogen-bond acceptors (Lipinski definition) is 2. The van der Waals surface area contributed by atoms with Crippen LogP contribution in [0.1, 0.15) is 30.9 Å². The van der Waals surface area contributed by atoms with Crippen molar-refractivity contribution in [1.82, 2.24) is 15.5 Å². The molecule has 0 aliphatic heterocycles. The van der Waals surface area contributed by atoms with Crippen LogP contribution < -0.4 is 10.6 Å². The van der Waals surface area contributed by atoms with Gasteiger partial charge in [-0.3, -0.25) is 9.89 Å². The van der Waals surface area contributed by atoms with Crippen LogP contribution in [0.3, 0.4) is 0 Å². The first-order valence-corrected chi connectivity index (χ1v) is 7.92. The lowest BCUT2D eigenvalue weighted by atomic mass is 10.1.